The average molecular weight is 548 g/mol. The molecule has 4 aliphatic rings. The molecule has 3 fully saturated rings. The Morgan fingerprint density at radius 3 is 2.92 bits per heavy atom. The van der Waals surface area contributed by atoms with Crippen LogP contribution in [0.4, 0.5) is 0 Å². The minimum atomic E-state index is -1.46. The monoisotopic (exact) mass is 547 g/mol. The summed E-state index contributed by atoms with van der Waals surface area (Å²) < 4.78 is 1.94. The third-order valence-corrected chi connectivity index (χ3v) is 11.5. The van der Waals surface area contributed by atoms with Gasteiger partial charge in [0.25, 0.3) is 0 Å². The quantitative estimate of drug-likeness (QED) is 0.408. The van der Waals surface area contributed by atoms with Crippen LogP contribution in [0.5, 0.6) is 0 Å². The Labute approximate surface area is 233 Å². The summed E-state index contributed by atoms with van der Waals surface area (Å²) in [6.07, 6.45) is 10.1. The van der Waals surface area contributed by atoms with E-state index in [-0.39, 0.29) is 34.7 Å². The van der Waals surface area contributed by atoms with Crippen LogP contribution >= 0.6 is 11.8 Å². The molecule has 8 nitrogen and oxygen atoms in total. The fourth-order valence-corrected chi connectivity index (χ4v) is 9.62. The molecule has 2 heterocycles. The van der Waals surface area contributed by atoms with E-state index in [2.05, 4.69) is 34.1 Å². The first kappa shape index (κ1) is 26.7. The number of ketones is 1. The number of hydrogen-bond acceptors (Lipinski definition) is 8. The van der Waals surface area contributed by atoms with Crippen molar-refractivity contribution in [1.82, 2.24) is 19.7 Å². The summed E-state index contributed by atoms with van der Waals surface area (Å²) in [6, 6.07) is 4.03. The maximum atomic E-state index is 13.6. The van der Waals surface area contributed by atoms with E-state index in [1.807, 2.05) is 30.8 Å². The van der Waals surface area contributed by atoms with Crippen molar-refractivity contribution in [3.63, 3.8) is 0 Å². The highest BCUT2D eigenvalue weighted by Crippen LogP contribution is 2.67. The zero-order chi connectivity index (χ0) is 27.6. The van der Waals surface area contributed by atoms with Gasteiger partial charge in [-0.1, -0.05) is 31.2 Å². The van der Waals surface area contributed by atoms with Gasteiger partial charge < -0.3 is 10.2 Å². The molecule has 0 aliphatic heterocycles. The summed E-state index contributed by atoms with van der Waals surface area (Å²) in [5.41, 5.74) is 2.16. The fourth-order valence-electron chi connectivity index (χ4n) is 8.78. The van der Waals surface area contributed by atoms with Gasteiger partial charge in [-0.05, 0) is 86.3 Å². The third-order valence-electron chi connectivity index (χ3n) is 10.7. The molecule has 0 aromatic carbocycles. The minimum Gasteiger partial charge on any atom is -0.393 e. The van der Waals surface area contributed by atoms with Gasteiger partial charge in [-0.25, -0.2) is 9.97 Å². The number of aromatic nitrogens is 4. The number of rotatable bonds is 6. The maximum Gasteiger partial charge on any atom is 0.188 e. The number of carbonyl (C=O) groups excluding carboxylic acids is 1. The van der Waals surface area contributed by atoms with Gasteiger partial charge in [-0.2, -0.15) is 10.4 Å². The molecule has 9 heteroatoms. The molecule has 0 amide bonds. The highest BCUT2D eigenvalue weighted by atomic mass is 32.2. The van der Waals surface area contributed by atoms with E-state index in [1.54, 1.807) is 6.20 Å². The van der Waals surface area contributed by atoms with E-state index in [0.29, 0.717) is 31.0 Å². The smallest absolute Gasteiger partial charge is 0.188 e. The first-order chi connectivity index (χ1) is 18.6. The molecule has 6 unspecified atom stereocenters. The summed E-state index contributed by atoms with van der Waals surface area (Å²) >= 11 is 1.28. The maximum absolute atomic E-state index is 13.6. The largest absolute Gasteiger partial charge is 0.393 e. The normalized spacial score (nSPS) is 36.7. The number of thioether (sulfide) groups is 1. The first-order valence-electron chi connectivity index (χ1n) is 14.1. The molecule has 7 atom stereocenters. The van der Waals surface area contributed by atoms with Crippen molar-refractivity contribution >= 4 is 23.6 Å². The lowest BCUT2D eigenvalue weighted by molar-refractivity contribution is -0.177. The molecule has 0 radical (unpaired) electrons. The van der Waals surface area contributed by atoms with Gasteiger partial charge in [0.1, 0.15) is 5.60 Å². The van der Waals surface area contributed by atoms with E-state index in [9.17, 15) is 15.0 Å². The lowest BCUT2D eigenvalue weighted by Gasteiger charge is -2.60. The second-order valence-corrected chi connectivity index (χ2v) is 13.5. The third kappa shape index (κ3) is 4.01. The molecule has 206 valence electrons. The molecular weight excluding hydrogens is 510 g/mol. The summed E-state index contributed by atoms with van der Waals surface area (Å²) in [6.45, 7) is 6.81. The zero-order valence-corrected chi connectivity index (χ0v) is 23.7. The Kier molecular flexibility index (Phi) is 6.52. The minimum absolute atomic E-state index is 0.0682. The molecular formula is C30H37N5O3S. The number of aryl methyl sites for hydroxylation is 2. The summed E-state index contributed by atoms with van der Waals surface area (Å²) in [5, 5.41) is 38.0. The van der Waals surface area contributed by atoms with Gasteiger partial charge in [-0.3, -0.25) is 9.48 Å². The number of aliphatic hydroxyl groups is 2. The summed E-state index contributed by atoms with van der Waals surface area (Å²) in [7, 11) is 0. The first-order valence-corrected chi connectivity index (χ1v) is 15.1. The standard InChI is InChI=1S/C30H37N5O3S/c1-18-8-11-32-27(34-18)39-17-25(37)30(38)9-7-22-21-6-5-20-13-23-19(16-33-35(23)12-4-10-31)14-28(20,2)26(21)24(36)15-29(22,30)3/h8,11,13,16,21-22,24,26,36,38H,4-7,9,12,14-15,17H2,1-3H3/t21?,22?,24-,26?,28?,29?,30?/m0/s1. The number of hydrogen-bond donors (Lipinski definition) is 2. The van der Waals surface area contributed by atoms with Crippen molar-refractivity contribution in [3.8, 4) is 6.07 Å². The van der Waals surface area contributed by atoms with Crippen LogP contribution in [0.2, 0.25) is 0 Å². The summed E-state index contributed by atoms with van der Waals surface area (Å²) in [4.78, 5) is 22.3. The van der Waals surface area contributed by atoms with Gasteiger partial charge >= 0.3 is 0 Å². The molecule has 4 aliphatic carbocycles. The van der Waals surface area contributed by atoms with Crippen LogP contribution in [0.1, 0.15) is 69.3 Å². The van der Waals surface area contributed by atoms with Crippen molar-refractivity contribution in [1.29, 1.82) is 5.26 Å². The van der Waals surface area contributed by atoms with Crippen LogP contribution < -0.4 is 0 Å². The summed E-state index contributed by atoms with van der Waals surface area (Å²) in [5.74, 6) is 0.431. The number of carbonyl (C=O) groups is 1. The van der Waals surface area contributed by atoms with Crippen LogP contribution in [-0.2, 0) is 17.8 Å². The highest BCUT2D eigenvalue weighted by molar-refractivity contribution is 7.99. The van der Waals surface area contributed by atoms with E-state index >= 15 is 0 Å². The molecule has 0 saturated heterocycles. The van der Waals surface area contributed by atoms with Gasteiger partial charge in [0.2, 0.25) is 0 Å². The molecule has 3 saturated carbocycles. The Morgan fingerprint density at radius 1 is 1.33 bits per heavy atom. The lowest BCUT2D eigenvalue weighted by atomic mass is 9.45. The molecule has 2 aromatic rings. The molecule has 2 N–H and O–H groups in total. The van der Waals surface area contributed by atoms with Crippen molar-refractivity contribution in [2.75, 3.05) is 5.75 Å². The van der Waals surface area contributed by atoms with Crippen LogP contribution in [0.15, 0.2) is 29.2 Å². The number of Topliss-reactive ketones (excluding diaryl/α,β-unsaturated/α-hetero) is 1. The van der Waals surface area contributed by atoms with E-state index in [1.165, 1.54) is 22.9 Å². The van der Waals surface area contributed by atoms with Crippen LogP contribution in [0.25, 0.3) is 6.08 Å². The Balaban J connectivity index is 1.25. The molecule has 0 spiro atoms. The number of nitrogens with zero attached hydrogens (tertiary/aromatic N) is 5. The van der Waals surface area contributed by atoms with Crippen molar-refractivity contribution in [2.45, 2.75) is 89.1 Å². The molecule has 2 aromatic heterocycles. The van der Waals surface area contributed by atoms with E-state index in [4.69, 9.17) is 5.26 Å². The Morgan fingerprint density at radius 2 is 2.15 bits per heavy atom. The van der Waals surface area contributed by atoms with Crippen LogP contribution in [-0.4, -0.2) is 53.2 Å². The number of allylic oxidation sites excluding steroid dienone is 1. The zero-order valence-electron chi connectivity index (χ0n) is 22.9. The van der Waals surface area contributed by atoms with Gasteiger partial charge in [0, 0.05) is 17.3 Å². The van der Waals surface area contributed by atoms with E-state index in [0.717, 1.165) is 37.1 Å². The SMILES string of the molecule is Cc1ccnc(SCC(=O)C2(O)CCC3C4CCC5=Cc6c(cnn6CCC#N)CC5(C)C4[C@@H](O)CC32C)n1. The fraction of sp³-hybridized carbons (Fsp3) is 0.633. The van der Waals surface area contributed by atoms with Crippen molar-refractivity contribution in [2.24, 2.45) is 28.6 Å². The van der Waals surface area contributed by atoms with Gasteiger partial charge in [0.15, 0.2) is 10.9 Å². The van der Waals surface area contributed by atoms with Gasteiger partial charge in [-0.15, -0.1) is 0 Å². The number of fused-ring (bicyclic) bond motifs is 6. The molecule has 0 bridgehead atoms. The highest BCUT2D eigenvalue weighted by Gasteiger charge is 2.68. The Hall–Kier alpha value is -2.54. The lowest BCUT2D eigenvalue weighted by Crippen LogP contribution is -2.62. The van der Waals surface area contributed by atoms with Crippen LogP contribution in [0, 0.1) is 46.8 Å². The second-order valence-electron chi connectivity index (χ2n) is 12.6. The van der Waals surface area contributed by atoms with Crippen LogP contribution in [0.3, 0.4) is 0 Å². The second kappa shape index (κ2) is 9.53. The Bertz CT molecular complexity index is 1380. The predicted molar refractivity (Wildman–Crippen MR) is 147 cm³/mol. The average Bonchev–Trinajstić information content (AvgIpc) is 3.41. The van der Waals surface area contributed by atoms with E-state index < -0.39 is 17.1 Å². The van der Waals surface area contributed by atoms with Crippen molar-refractivity contribution in [3.05, 3.63) is 41.0 Å². The molecule has 6 rings (SSSR count). The topological polar surface area (TPSA) is 125 Å². The predicted octanol–water partition coefficient (Wildman–Crippen LogP) is 4.14. The number of nitriles is 1. The molecule has 39 heavy (non-hydrogen) atoms. The van der Waals surface area contributed by atoms with Gasteiger partial charge in [0.05, 0.1) is 42.8 Å². The number of aliphatic hydroxyl groups excluding tert-OH is 1. The van der Waals surface area contributed by atoms with Crippen molar-refractivity contribution < 1.29 is 15.0 Å².